The quantitative estimate of drug-likeness (QED) is 0.851. The predicted octanol–water partition coefficient (Wildman–Crippen LogP) is 4.32. The van der Waals surface area contributed by atoms with Gasteiger partial charge >= 0.3 is 0 Å². The average molecular weight is 258 g/mol. The van der Waals surface area contributed by atoms with Gasteiger partial charge in [0.1, 0.15) is 0 Å². The van der Waals surface area contributed by atoms with E-state index in [1.807, 2.05) is 5.38 Å². The van der Waals surface area contributed by atoms with Gasteiger partial charge in [-0.2, -0.15) is 0 Å². The fraction of sp³-hybridized carbons (Fsp3) is 0.692. The summed E-state index contributed by atoms with van der Waals surface area (Å²) in [4.78, 5) is 1.34. The lowest BCUT2D eigenvalue weighted by Gasteiger charge is -2.33. The molecule has 2 rings (SSSR count). The molecule has 0 aliphatic heterocycles. The van der Waals surface area contributed by atoms with Crippen LogP contribution in [0.25, 0.3) is 0 Å². The Labute approximate surface area is 107 Å². The second kappa shape index (κ2) is 5.52. The summed E-state index contributed by atoms with van der Waals surface area (Å²) in [6.07, 6.45) is 4.05. The Bertz CT molecular complexity index is 336. The third kappa shape index (κ3) is 3.22. The second-order valence-corrected chi connectivity index (χ2v) is 6.55. The van der Waals surface area contributed by atoms with Crippen LogP contribution in [0.4, 0.5) is 0 Å². The van der Waals surface area contributed by atoms with Crippen molar-refractivity contribution in [3.63, 3.8) is 0 Å². The number of thiophene rings is 1. The molecule has 1 saturated carbocycles. The zero-order chi connectivity index (χ0) is 11.5. The second-order valence-electron chi connectivity index (χ2n) is 5.11. The van der Waals surface area contributed by atoms with Crippen molar-refractivity contribution < 1.29 is 0 Å². The van der Waals surface area contributed by atoms with E-state index in [4.69, 9.17) is 11.6 Å². The van der Waals surface area contributed by atoms with Crippen LogP contribution >= 0.6 is 22.9 Å². The van der Waals surface area contributed by atoms with Crippen molar-refractivity contribution >= 4 is 22.9 Å². The Morgan fingerprint density at radius 3 is 2.88 bits per heavy atom. The molecule has 1 N–H and O–H groups in total. The van der Waals surface area contributed by atoms with E-state index in [0.717, 1.165) is 23.4 Å². The number of hydrogen-bond donors (Lipinski definition) is 1. The molecule has 0 saturated heterocycles. The van der Waals surface area contributed by atoms with Crippen LogP contribution in [-0.4, -0.2) is 6.04 Å². The van der Waals surface area contributed by atoms with Crippen molar-refractivity contribution in [1.82, 2.24) is 5.32 Å². The summed E-state index contributed by atoms with van der Waals surface area (Å²) in [7, 11) is 0. The molecule has 3 unspecified atom stereocenters. The molecule has 0 radical (unpaired) electrons. The van der Waals surface area contributed by atoms with Gasteiger partial charge in [-0.15, -0.1) is 11.3 Å². The molecule has 1 fully saturated rings. The normalized spacial score (nSPS) is 30.6. The van der Waals surface area contributed by atoms with Gasteiger partial charge in [0, 0.05) is 22.8 Å². The maximum Gasteiger partial charge on any atom is 0.0516 e. The molecule has 3 atom stereocenters. The third-order valence-corrected chi connectivity index (χ3v) is 4.88. The molecule has 3 heteroatoms. The summed E-state index contributed by atoms with van der Waals surface area (Å²) in [5.41, 5.74) is 0. The van der Waals surface area contributed by atoms with Crippen LogP contribution in [-0.2, 0) is 6.54 Å². The molecular formula is C13H20ClNS. The van der Waals surface area contributed by atoms with Crippen molar-refractivity contribution in [2.75, 3.05) is 0 Å². The number of nitrogens with one attached hydrogen (secondary N) is 1. The molecule has 1 nitrogen and oxygen atoms in total. The maximum atomic E-state index is 5.91. The smallest absolute Gasteiger partial charge is 0.0516 e. The zero-order valence-electron chi connectivity index (χ0n) is 10.0. The fourth-order valence-electron chi connectivity index (χ4n) is 2.65. The first-order valence-corrected chi connectivity index (χ1v) is 7.37. The van der Waals surface area contributed by atoms with E-state index in [1.165, 1.54) is 24.1 Å². The van der Waals surface area contributed by atoms with Crippen molar-refractivity contribution in [2.45, 2.75) is 45.7 Å². The summed E-state index contributed by atoms with van der Waals surface area (Å²) in [6.45, 7) is 5.71. The Morgan fingerprint density at radius 2 is 2.25 bits per heavy atom. The Morgan fingerprint density at radius 1 is 1.44 bits per heavy atom. The lowest BCUT2D eigenvalue weighted by atomic mass is 9.80. The topological polar surface area (TPSA) is 12.0 Å². The molecule has 0 amide bonds. The molecular weight excluding hydrogens is 238 g/mol. The van der Waals surface area contributed by atoms with Gasteiger partial charge < -0.3 is 5.32 Å². The Hall–Kier alpha value is -0.0500. The zero-order valence-corrected chi connectivity index (χ0v) is 11.6. The van der Waals surface area contributed by atoms with Crippen LogP contribution in [0.2, 0.25) is 5.02 Å². The molecule has 0 spiro atoms. The van der Waals surface area contributed by atoms with Crippen LogP contribution in [0.5, 0.6) is 0 Å². The summed E-state index contributed by atoms with van der Waals surface area (Å²) < 4.78 is 0. The standard InChI is InChI=1S/C13H20ClNS/c1-9-3-4-13(10(2)5-9)15-7-12-6-11(14)8-16-12/h6,8-10,13,15H,3-5,7H2,1-2H3. The van der Waals surface area contributed by atoms with E-state index in [2.05, 4.69) is 25.2 Å². The predicted molar refractivity (Wildman–Crippen MR) is 72.1 cm³/mol. The fourth-order valence-corrected chi connectivity index (χ4v) is 3.67. The van der Waals surface area contributed by atoms with E-state index in [0.29, 0.717) is 6.04 Å². The summed E-state index contributed by atoms with van der Waals surface area (Å²) in [6, 6.07) is 2.76. The van der Waals surface area contributed by atoms with Crippen LogP contribution in [0.15, 0.2) is 11.4 Å². The lowest BCUT2D eigenvalue weighted by molar-refractivity contribution is 0.227. The van der Waals surface area contributed by atoms with Crippen molar-refractivity contribution in [3.05, 3.63) is 21.3 Å². The number of halogens is 1. The number of rotatable bonds is 3. The lowest BCUT2D eigenvalue weighted by Crippen LogP contribution is -2.38. The molecule has 1 heterocycles. The van der Waals surface area contributed by atoms with Gasteiger partial charge in [-0.1, -0.05) is 25.4 Å². The van der Waals surface area contributed by atoms with Crippen molar-refractivity contribution in [1.29, 1.82) is 0 Å². The summed E-state index contributed by atoms with van der Waals surface area (Å²) >= 11 is 7.66. The van der Waals surface area contributed by atoms with Gasteiger partial charge in [-0.3, -0.25) is 0 Å². The summed E-state index contributed by atoms with van der Waals surface area (Å²) in [5, 5.41) is 6.55. The SMILES string of the molecule is CC1CCC(NCc2cc(Cl)cs2)C(C)C1. The number of hydrogen-bond acceptors (Lipinski definition) is 2. The van der Waals surface area contributed by atoms with Gasteiger partial charge in [0.2, 0.25) is 0 Å². The van der Waals surface area contributed by atoms with E-state index in [1.54, 1.807) is 11.3 Å². The highest BCUT2D eigenvalue weighted by molar-refractivity contribution is 7.10. The first kappa shape index (κ1) is 12.4. The van der Waals surface area contributed by atoms with Crippen molar-refractivity contribution in [3.8, 4) is 0 Å². The minimum Gasteiger partial charge on any atom is -0.309 e. The largest absolute Gasteiger partial charge is 0.309 e. The van der Waals surface area contributed by atoms with E-state index in [-0.39, 0.29) is 0 Å². The highest BCUT2D eigenvalue weighted by Crippen LogP contribution is 2.29. The Kier molecular flexibility index (Phi) is 4.28. The highest BCUT2D eigenvalue weighted by atomic mass is 35.5. The van der Waals surface area contributed by atoms with Crippen molar-refractivity contribution in [2.24, 2.45) is 11.8 Å². The van der Waals surface area contributed by atoms with Crippen LogP contribution in [0.1, 0.15) is 38.0 Å². The first-order chi connectivity index (χ1) is 7.65. The van der Waals surface area contributed by atoms with Crippen LogP contribution < -0.4 is 5.32 Å². The van der Waals surface area contributed by atoms with Gasteiger partial charge in [-0.05, 0) is 37.2 Å². The third-order valence-electron chi connectivity index (χ3n) is 3.59. The molecule has 0 aromatic carbocycles. The molecule has 1 aliphatic rings. The van der Waals surface area contributed by atoms with E-state index < -0.39 is 0 Å². The monoisotopic (exact) mass is 257 g/mol. The molecule has 16 heavy (non-hydrogen) atoms. The molecule has 1 aromatic heterocycles. The molecule has 90 valence electrons. The molecule has 1 aromatic rings. The molecule has 1 aliphatic carbocycles. The van der Waals surface area contributed by atoms with Crippen LogP contribution in [0.3, 0.4) is 0 Å². The van der Waals surface area contributed by atoms with E-state index in [9.17, 15) is 0 Å². The first-order valence-electron chi connectivity index (χ1n) is 6.11. The van der Waals surface area contributed by atoms with Gasteiger partial charge in [-0.25, -0.2) is 0 Å². The Balaban J connectivity index is 1.81. The van der Waals surface area contributed by atoms with Gasteiger partial charge in [0.15, 0.2) is 0 Å². The highest BCUT2D eigenvalue weighted by Gasteiger charge is 2.24. The minimum absolute atomic E-state index is 0.692. The maximum absolute atomic E-state index is 5.91. The van der Waals surface area contributed by atoms with Crippen LogP contribution in [0, 0.1) is 11.8 Å². The van der Waals surface area contributed by atoms with Gasteiger partial charge in [0.25, 0.3) is 0 Å². The summed E-state index contributed by atoms with van der Waals surface area (Å²) in [5.74, 6) is 1.71. The minimum atomic E-state index is 0.692. The van der Waals surface area contributed by atoms with Gasteiger partial charge in [0.05, 0.1) is 5.02 Å². The van der Waals surface area contributed by atoms with E-state index >= 15 is 0 Å². The molecule has 0 bridgehead atoms. The average Bonchev–Trinajstić information content (AvgIpc) is 2.63.